The first-order valence-corrected chi connectivity index (χ1v) is 21.8. The van der Waals surface area contributed by atoms with E-state index in [2.05, 4.69) is 124 Å². The standard InChI is InChI=1S/C50H65N6O4/c1-36(57)16-10-8-12-30-54-32-14-17-41-47(54)52-43(49(41,2)3)26-22-38-34-56(6,7)35-39(46(38)60-40-24-20-37(21-25-40)28-29-51)23-27-44-50(4,5)42-18-15-33-55(48(42)53-44)31-13-9-11-19-45(58)59/h14-15,17-18,20-27,32-33H,8-13,16,19,28-31,34-35,51H2,1-7H3/q+1/p+1. The van der Waals surface area contributed by atoms with Crippen LogP contribution in [0.3, 0.4) is 0 Å². The Labute approximate surface area is 357 Å². The molecular weight excluding hydrogens is 749 g/mol. The van der Waals surface area contributed by atoms with E-state index in [1.54, 1.807) is 6.92 Å². The van der Waals surface area contributed by atoms with Crippen LogP contribution in [0.25, 0.3) is 0 Å². The van der Waals surface area contributed by atoms with Crippen molar-refractivity contribution in [2.75, 3.05) is 40.3 Å². The lowest BCUT2D eigenvalue weighted by molar-refractivity contribution is -0.882. The Balaban J connectivity index is 1.34. The highest BCUT2D eigenvalue weighted by Gasteiger charge is 2.43. The lowest BCUT2D eigenvalue weighted by Crippen LogP contribution is -2.46. The van der Waals surface area contributed by atoms with E-state index in [1.807, 2.05) is 12.1 Å². The van der Waals surface area contributed by atoms with Crippen molar-refractivity contribution in [3.05, 3.63) is 125 Å². The second-order valence-corrected chi connectivity index (χ2v) is 18.4. The van der Waals surface area contributed by atoms with Gasteiger partial charge in [0.25, 0.3) is 0 Å². The molecule has 5 heterocycles. The van der Waals surface area contributed by atoms with Gasteiger partial charge in [-0.05, 0) is 131 Å². The summed E-state index contributed by atoms with van der Waals surface area (Å²) in [6.45, 7) is 14.4. The summed E-state index contributed by atoms with van der Waals surface area (Å²) >= 11 is 0. The summed E-state index contributed by atoms with van der Waals surface area (Å²) in [6.07, 6.45) is 24.3. The molecule has 0 fully saturated rings. The fraction of sp³-hybridized carbons (Fsp3) is 0.460. The summed E-state index contributed by atoms with van der Waals surface area (Å²) in [5.74, 6) is 3.11. The number of pyridine rings is 1. The number of aromatic nitrogens is 1. The number of rotatable bonds is 19. The molecule has 6 rings (SSSR count). The second-order valence-electron chi connectivity index (χ2n) is 18.4. The van der Waals surface area contributed by atoms with Crippen molar-refractivity contribution in [1.82, 2.24) is 4.90 Å². The fourth-order valence-corrected chi connectivity index (χ4v) is 8.60. The molecule has 0 saturated carbocycles. The molecule has 10 nitrogen and oxygen atoms in total. The highest BCUT2D eigenvalue weighted by molar-refractivity contribution is 6.08. The third-order valence-corrected chi connectivity index (χ3v) is 12.1. The van der Waals surface area contributed by atoms with E-state index >= 15 is 0 Å². The molecule has 0 spiro atoms. The molecule has 0 aliphatic carbocycles. The van der Waals surface area contributed by atoms with Gasteiger partial charge in [-0.2, -0.15) is 0 Å². The predicted molar refractivity (Wildman–Crippen MR) is 241 cm³/mol. The molecule has 1 aromatic heterocycles. The smallest absolute Gasteiger partial charge is 0.327 e. The van der Waals surface area contributed by atoms with E-state index in [1.165, 1.54) is 16.7 Å². The first-order valence-electron chi connectivity index (χ1n) is 21.8. The van der Waals surface area contributed by atoms with Gasteiger partial charge in [0.1, 0.15) is 36.2 Å². The number of ether oxygens (including phenoxy) is 1. The Morgan fingerprint density at radius 2 is 1.68 bits per heavy atom. The van der Waals surface area contributed by atoms with Crippen LogP contribution in [0.4, 0.5) is 5.82 Å². The zero-order valence-corrected chi connectivity index (χ0v) is 37.0. The van der Waals surface area contributed by atoms with Crippen molar-refractivity contribution in [3.63, 3.8) is 0 Å². The van der Waals surface area contributed by atoms with E-state index in [9.17, 15) is 9.59 Å². The number of aliphatic imine (C=N–C) groups is 2. The van der Waals surface area contributed by atoms with Gasteiger partial charge in [0.15, 0.2) is 5.71 Å². The van der Waals surface area contributed by atoms with E-state index in [0.717, 1.165) is 115 Å². The molecule has 4 aliphatic heterocycles. The van der Waals surface area contributed by atoms with E-state index in [0.29, 0.717) is 19.4 Å². The van der Waals surface area contributed by atoms with Crippen molar-refractivity contribution >= 4 is 29.1 Å². The Kier molecular flexibility index (Phi) is 14.1. The van der Waals surface area contributed by atoms with Crippen LogP contribution in [0, 0.1) is 5.41 Å². The predicted octanol–water partition coefficient (Wildman–Crippen LogP) is 8.62. The number of carboxylic acids is 1. The second kappa shape index (κ2) is 19.0. The van der Waals surface area contributed by atoms with Crippen molar-refractivity contribution in [3.8, 4) is 5.75 Å². The normalized spacial score (nSPS) is 20.1. The van der Waals surface area contributed by atoms with Crippen LogP contribution in [0.1, 0.15) is 97.1 Å². The number of nitrogens with two attached hydrogens (primary N) is 1. The first-order chi connectivity index (χ1) is 28.6. The quantitative estimate of drug-likeness (QED) is 0.0833. The zero-order chi connectivity index (χ0) is 43.1. The minimum absolute atomic E-state index is 0.204. The molecule has 0 saturated heterocycles. The van der Waals surface area contributed by atoms with Gasteiger partial charge < -0.3 is 29.8 Å². The molecule has 10 heteroatoms. The number of Topliss-reactive ketones (excluding diaryl/α,β-unsaturated/α-hetero) is 1. The lowest BCUT2D eigenvalue weighted by atomic mass is 9.81. The number of benzene rings is 1. The number of allylic oxidation sites excluding steroid dienone is 6. The maximum atomic E-state index is 11.5. The van der Waals surface area contributed by atoms with E-state index in [-0.39, 0.29) is 23.0 Å². The number of carboxylic acid groups (broad SMARTS) is 1. The largest absolute Gasteiger partial charge is 0.481 e. The average molecular weight is 815 g/mol. The van der Waals surface area contributed by atoms with Crippen LogP contribution >= 0.6 is 0 Å². The number of aliphatic carboxylic acids is 1. The van der Waals surface area contributed by atoms with Gasteiger partial charge in [0.05, 0.1) is 43.5 Å². The highest BCUT2D eigenvalue weighted by Crippen LogP contribution is 2.45. The van der Waals surface area contributed by atoms with Gasteiger partial charge in [-0.15, -0.1) is 0 Å². The maximum absolute atomic E-state index is 11.5. The van der Waals surface area contributed by atoms with Gasteiger partial charge >= 0.3 is 11.8 Å². The number of hydrogen-bond donors (Lipinski definition) is 2. The van der Waals surface area contributed by atoms with Crippen LogP contribution in [0.15, 0.2) is 123 Å². The third-order valence-electron chi connectivity index (χ3n) is 12.1. The summed E-state index contributed by atoms with van der Waals surface area (Å²) in [5, 5.41) is 9.06. The number of amidine groups is 1. The van der Waals surface area contributed by atoms with Crippen LogP contribution in [-0.4, -0.2) is 78.1 Å². The van der Waals surface area contributed by atoms with Gasteiger partial charge in [-0.3, -0.25) is 4.79 Å². The van der Waals surface area contributed by atoms with Crippen molar-refractivity contribution in [2.24, 2.45) is 21.1 Å². The topological polar surface area (TPSA) is 121 Å². The number of fused-ring (bicyclic) bond motifs is 2. The number of nitrogens with zero attached hydrogens (tertiary/aromatic N) is 5. The molecule has 318 valence electrons. The number of carbonyl (C=O) groups excluding carboxylic acids is 1. The number of carbonyl (C=O) groups is 2. The van der Waals surface area contributed by atoms with Crippen LogP contribution in [-0.2, 0) is 28.0 Å². The molecule has 4 aliphatic rings. The van der Waals surface area contributed by atoms with Crippen molar-refractivity contribution in [2.45, 2.75) is 104 Å². The minimum atomic E-state index is -0.743. The Bertz CT molecular complexity index is 2200. The van der Waals surface area contributed by atoms with Crippen molar-refractivity contribution < 1.29 is 28.5 Å². The molecule has 0 atom stereocenters. The molecular formula is C50H66N6O4+2. The number of quaternary nitrogens is 1. The van der Waals surface area contributed by atoms with Gasteiger partial charge in [0.2, 0.25) is 0 Å². The van der Waals surface area contributed by atoms with Gasteiger partial charge in [-0.25, -0.2) is 9.56 Å². The average Bonchev–Trinajstić information content (AvgIpc) is 3.61. The molecule has 0 radical (unpaired) electrons. The Morgan fingerprint density at radius 3 is 2.42 bits per heavy atom. The third kappa shape index (κ3) is 10.6. The van der Waals surface area contributed by atoms with Crippen LogP contribution in [0.5, 0.6) is 5.75 Å². The van der Waals surface area contributed by atoms with E-state index in [4.69, 9.17) is 25.6 Å². The summed E-state index contributed by atoms with van der Waals surface area (Å²) in [4.78, 5) is 35.2. The molecule has 2 aromatic rings. The summed E-state index contributed by atoms with van der Waals surface area (Å²) < 4.78 is 9.93. The van der Waals surface area contributed by atoms with Crippen LogP contribution < -0.4 is 15.0 Å². The number of ketones is 1. The van der Waals surface area contributed by atoms with Gasteiger partial charge in [-0.1, -0.05) is 38.5 Å². The Hall–Kier alpha value is -5.19. The zero-order valence-electron chi connectivity index (χ0n) is 37.0. The molecule has 0 bridgehead atoms. The monoisotopic (exact) mass is 815 g/mol. The number of aryl methyl sites for hydroxylation is 1. The minimum Gasteiger partial charge on any atom is -0.481 e. The molecule has 0 unspecified atom stereocenters. The SMILES string of the molecule is CC(=O)CCCCC[n+]1cccc2c1N=C(C=CC1=C(Oc3ccc(CCN)cc3)C(=CC=C3N=C4C(=CC=CN4CCCCCC(=O)O)C3(C)C)C[N+](C)(C)C1)C2(C)C. The summed E-state index contributed by atoms with van der Waals surface area (Å²) in [5.41, 5.74) is 13.0. The molecule has 0 amide bonds. The number of unbranched alkanes of at least 4 members (excludes halogenated alkanes) is 4. The first kappa shape index (κ1) is 44.4. The molecule has 3 N–H and O–H groups in total. The van der Waals surface area contributed by atoms with Gasteiger partial charge in [0, 0.05) is 47.7 Å². The number of hydrogen-bond acceptors (Lipinski definition) is 7. The summed E-state index contributed by atoms with van der Waals surface area (Å²) in [6, 6.07) is 12.6. The lowest BCUT2D eigenvalue weighted by Gasteiger charge is -2.36. The Morgan fingerprint density at radius 1 is 0.933 bits per heavy atom. The summed E-state index contributed by atoms with van der Waals surface area (Å²) in [7, 11) is 4.52. The highest BCUT2D eigenvalue weighted by atomic mass is 16.5. The van der Waals surface area contributed by atoms with Crippen LogP contribution in [0.2, 0.25) is 0 Å². The molecule has 60 heavy (non-hydrogen) atoms. The number of likely N-dealkylation sites (N-methyl/N-ethyl adjacent to an activating group) is 1. The maximum Gasteiger partial charge on any atom is 0.327 e. The van der Waals surface area contributed by atoms with Crippen molar-refractivity contribution in [1.29, 1.82) is 0 Å². The molecule has 1 aromatic carbocycles. The fourth-order valence-electron chi connectivity index (χ4n) is 8.60. The van der Waals surface area contributed by atoms with E-state index < -0.39 is 5.97 Å².